The van der Waals surface area contributed by atoms with Crippen LogP contribution in [-0.2, 0) is 9.53 Å². The van der Waals surface area contributed by atoms with Gasteiger partial charge in [0.1, 0.15) is 10.6 Å². The van der Waals surface area contributed by atoms with Gasteiger partial charge in [-0.15, -0.1) is 11.3 Å². The first-order chi connectivity index (χ1) is 10.5. The van der Waals surface area contributed by atoms with Crippen LogP contribution in [0.25, 0.3) is 0 Å². The van der Waals surface area contributed by atoms with E-state index in [1.54, 1.807) is 35.7 Å². The zero-order chi connectivity index (χ0) is 16.1. The third-order valence-corrected chi connectivity index (χ3v) is 3.88. The number of halogens is 1. The number of hydrogen-bond donors (Lipinski definition) is 1. The fourth-order valence-corrected chi connectivity index (χ4v) is 2.46. The van der Waals surface area contributed by atoms with Crippen molar-refractivity contribution in [2.75, 3.05) is 12.4 Å². The SMILES string of the molecule is COc1ccc(Cl)cc1NC(=O)[C@H](C)OC(=O)c1cccs1. The summed E-state index contributed by atoms with van der Waals surface area (Å²) in [5.41, 5.74) is 0.416. The van der Waals surface area contributed by atoms with Gasteiger partial charge in [0, 0.05) is 5.02 Å². The molecule has 0 saturated heterocycles. The zero-order valence-electron chi connectivity index (χ0n) is 12.0. The van der Waals surface area contributed by atoms with Crippen LogP contribution < -0.4 is 10.1 Å². The van der Waals surface area contributed by atoms with Gasteiger partial charge in [0.15, 0.2) is 6.10 Å². The van der Waals surface area contributed by atoms with Gasteiger partial charge in [0.2, 0.25) is 0 Å². The maximum absolute atomic E-state index is 12.1. The number of carbonyl (C=O) groups is 2. The van der Waals surface area contributed by atoms with E-state index in [0.29, 0.717) is 21.3 Å². The molecule has 1 atom stereocenters. The lowest BCUT2D eigenvalue weighted by Gasteiger charge is -2.15. The van der Waals surface area contributed by atoms with Crippen molar-refractivity contribution in [2.45, 2.75) is 13.0 Å². The summed E-state index contributed by atoms with van der Waals surface area (Å²) < 4.78 is 10.3. The number of methoxy groups -OCH3 is 1. The predicted molar refractivity (Wildman–Crippen MR) is 85.8 cm³/mol. The van der Waals surface area contributed by atoms with Crippen molar-refractivity contribution in [3.05, 3.63) is 45.6 Å². The fourth-order valence-electron chi connectivity index (χ4n) is 1.68. The Balaban J connectivity index is 2.02. The molecule has 1 amide bonds. The molecule has 0 bridgehead atoms. The number of amides is 1. The molecule has 1 aromatic carbocycles. The average Bonchev–Trinajstić information content (AvgIpc) is 3.01. The van der Waals surface area contributed by atoms with E-state index in [9.17, 15) is 9.59 Å². The molecule has 2 aromatic rings. The molecule has 7 heteroatoms. The summed E-state index contributed by atoms with van der Waals surface area (Å²) in [5, 5.41) is 4.85. The van der Waals surface area contributed by atoms with Gasteiger partial charge in [0.05, 0.1) is 12.8 Å². The van der Waals surface area contributed by atoms with Crippen molar-refractivity contribution in [1.82, 2.24) is 0 Å². The normalized spacial score (nSPS) is 11.6. The van der Waals surface area contributed by atoms with E-state index in [4.69, 9.17) is 21.1 Å². The minimum absolute atomic E-state index is 0.416. The van der Waals surface area contributed by atoms with Crippen LogP contribution in [0.5, 0.6) is 5.75 Å². The van der Waals surface area contributed by atoms with Gasteiger partial charge >= 0.3 is 5.97 Å². The smallest absolute Gasteiger partial charge is 0.349 e. The minimum Gasteiger partial charge on any atom is -0.495 e. The Labute approximate surface area is 136 Å². The highest BCUT2D eigenvalue weighted by Gasteiger charge is 2.20. The molecule has 22 heavy (non-hydrogen) atoms. The molecule has 1 aromatic heterocycles. The maximum Gasteiger partial charge on any atom is 0.349 e. The Morgan fingerprint density at radius 3 is 2.73 bits per heavy atom. The number of thiophene rings is 1. The third-order valence-electron chi connectivity index (χ3n) is 2.79. The minimum atomic E-state index is -0.946. The molecule has 0 spiro atoms. The largest absolute Gasteiger partial charge is 0.495 e. The summed E-state index contributed by atoms with van der Waals surface area (Å²) in [6, 6.07) is 8.23. The summed E-state index contributed by atoms with van der Waals surface area (Å²) in [4.78, 5) is 24.4. The van der Waals surface area contributed by atoms with Crippen molar-refractivity contribution in [1.29, 1.82) is 0 Å². The molecule has 1 N–H and O–H groups in total. The molecule has 0 radical (unpaired) electrons. The summed E-state index contributed by atoms with van der Waals surface area (Å²) in [5.74, 6) is -0.532. The first kappa shape index (κ1) is 16.3. The highest BCUT2D eigenvalue weighted by atomic mass is 35.5. The Bertz CT molecular complexity index is 672. The van der Waals surface area contributed by atoms with Crippen LogP contribution in [0.4, 0.5) is 5.69 Å². The number of anilines is 1. The lowest BCUT2D eigenvalue weighted by Crippen LogP contribution is -2.29. The van der Waals surface area contributed by atoms with E-state index in [2.05, 4.69) is 5.32 Å². The molecule has 0 saturated carbocycles. The molecule has 0 fully saturated rings. The van der Waals surface area contributed by atoms with Gasteiger partial charge in [-0.3, -0.25) is 4.79 Å². The standard InChI is InChI=1S/C15H14ClNO4S/c1-9(21-15(19)13-4-3-7-22-13)14(18)17-11-8-10(16)5-6-12(11)20-2/h3-9H,1-2H3,(H,17,18)/t9-/m0/s1. The Hall–Kier alpha value is -2.05. The molecule has 1 heterocycles. The number of rotatable bonds is 5. The molecule has 0 aliphatic carbocycles. The van der Waals surface area contributed by atoms with E-state index in [1.807, 2.05) is 0 Å². The molecule has 0 aliphatic rings. The topological polar surface area (TPSA) is 64.6 Å². The Morgan fingerprint density at radius 2 is 2.09 bits per heavy atom. The Kier molecular flexibility index (Phi) is 5.41. The van der Waals surface area contributed by atoms with Gasteiger partial charge in [-0.2, -0.15) is 0 Å². The number of ether oxygens (including phenoxy) is 2. The fraction of sp³-hybridized carbons (Fsp3) is 0.200. The number of hydrogen-bond acceptors (Lipinski definition) is 5. The predicted octanol–water partition coefficient (Wildman–Crippen LogP) is 3.59. The van der Waals surface area contributed by atoms with Crippen molar-refractivity contribution in [2.24, 2.45) is 0 Å². The highest BCUT2D eigenvalue weighted by Crippen LogP contribution is 2.27. The first-order valence-electron chi connectivity index (χ1n) is 6.40. The zero-order valence-corrected chi connectivity index (χ0v) is 13.5. The lowest BCUT2D eigenvalue weighted by atomic mass is 10.2. The molecular formula is C15H14ClNO4S. The summed E-state index contributed by atoms with van der Waals surface area (Å²) in [6.45, 7) is 1.50. The number of benzene rings is 1. The second-order valence-corrected chi connectivity index (χ2v) is 5.74. The molecule has 5 nitrogen and oxygen atoms in total. The van der Waals surface area contributed by atoms with Crippen LogP contribution in [0.3, 0.4) is 0 Å². The Morgan fingerprint density at radius 1 is 1.32 bits per heavy atom. The van der Waals surface area contributed by atoms with E-state index < -0.39 is 18.0 Å². The average molecular weight is 340 g/mol. The van der Waals surface area contributed by atoms with Crippen LogP contribution in [0.15, 0.2) is 35.7 Å². The van der Waals surface area contributed by atoms with Crippen LogP contribution >= 0.6 is 22.9 Å². The molecule has 116 valence electrons. The molecule has 0 aliphatic heterocycles. The maximum atomic E-state index is 12.1. The first-order valence-corrected chi connectivity index (χ1v) is 7.66. The van der Waals surface area contributed by atoms with Gasteiger partial charge < -0.3 is 14.8 Å². The van der Waals surface area contributed by atoms with E-state index in [-0.39, 0.29) is 0 Å². The summed E-state index contributed by atoms with van der Waals surface area (Å²) in [6.07, 6.45) is -0.946. The summed E-state index contributed by atoms with van der Waals surface area (Å²) >= 11 is 7.15. The number of carbonyl (C=O) groups excluding carboxylic acids is 2. The monoisotopic (exact) mass is 339 g/mol. The number of nitrogens with one attached hydrogen (secondary N) is 1. The third kappa shape index (κ3) is 3.99. The van der Waals surface area contributed by atoms with Crippen molar-refractivity contribution < 1.29 is 19.1 Å². The molecule has 0 unspecified atom stereocenters. The van der Waals surface area contributed by atoms with Gasteiger partial charge in [-0.25, -0.2) is 4.79 Å². The van der Waals surface area contributed by atoms with Crippen LogP contribution in [0, 0.1) is 0 Å². The lowest BCUT2D eigenvalue weighted by molar-refractivity contribution is -0.123. The highest BCUT2D eigenvalue weighted by molar-refractivity contribution is 7.11. The van der Waals surface area contributed by atoms with Crippen molar-refractivity contribution >= 4 is 40.5 Å². The number of esters is 1. The van der Waals surface area contributed by atoms with Gasteiger partial charge in [0.25, 0.3) is 5.91 Å². The van der Waals surface area contributed by atoms with Gasteiger partial charge in [-0.05, 0) is 36.6 Å². The van der Waals surface area contributed by atoms with Crippen molar-refractivity contribution in [3.63, 3.8) is 0 Å². The van der Waals surface area contributed by atoms with Crippen LogP contribution in [-0.4, -0.2) is 25.1 Å². The summed E-state index contributed by atoms with van der Waals surface area (Å²) in [7, 11) is 1.49. The van der Waals surface area contributed by atoms with Gasteiger partial charge in [-0.1, -0.05) is 17.7 Å². The quantitative estimate of drug-likeness (QED) is 0.845. The van der Waals surface area contributed by atoms with Crippen LogP contribution in [0.2, 0.25) is 5.02 Å². The van der Waals surface area contributed by atoms with E-state index in [0.717, 1.165) is 0 Å². The second-order valence-electron chi connectivity index (χ2n) is 4.36. The van der Waals surface area contributed by atoms with E-state index in [1.165, 1.54) is 25.4 Å². The second kappa shape index (κ2) is 7.29. The van der Waals surface area contributed by atoms with E-state index >= 15 is 0 Å². The van der Waals surface area contributed by atoms with Crippen molar-refractivity contribution in [3.8, 4) is 5.75 Å². The molecule has 2 rings (SSSR count). The molecular weight excluding hydrogens is 326 g/mol. The van der Waals surface area contributed by atoms with Crippen LogP contribution in [0.1, 0.15) is 16.6 Å².